The van der Waals surface area contributed by atoms with Gasteiger partial charge in [-0.25, -0.2) is 9.97 Å². The van der Waals surface area contributed by atoms with E-state index in [9.17, 15) is 0 Å². The molecule has 20 heavy (non-hydrogen) atoms. The third-order valence-corrected chi connectivity index (χ3v) is 3.92. The molecule has 0 unspecified atom stereocenters. The van der Waals surface area contributed by atoms with E-state index in [4.69, 9.17) is 40.5 Å². The second kappa shape index (κ2) is 4.81. The molecule has 0 spiro atoms. The molecule has 0 fully saturated rings. The number of nitrogen functional groups attached to an aromatic ring is 1. The number of hydrogen-bond acceptors (Lipinski definition) is 3. The fourth-order valence-corrected chi connectivity index (χ4v) is 2.63. The molecule has 2 heterocycles. The first-order valence-electron chi connectivity index (χ1n) is 5.73. The number of rotatable bonds is 1. The van der Waals surface area contributed by atoms with Crippen LogP contribution in [-0.4, -0.2) is 14.5 Å². The Morgan fingerprint density at radius 2 is 1.75 bits per heavy atom. The lowest BCUT2D eigenvalue weighted by molar-refractivity contribution is 1.08. The molecule has 3 aromatic rings. The number of halogens is 3. The highest BCUT2D eigenvalue weighted by Gasteiger charge is 2.15. The normalized spacial score (nSPS) is 11.2. The summed E-state index contributed by atoms with van der Waals surface area (Å²) in [6, 6.07) is 5.12. The van der Waals surface area contributed by atoms with Gasteiger partial charge in [0.05, 0.1) is 20.8 Å². The first-order chi connectivity index (χ1) is 9.47. The summed E-state index contributed by atoms with van der Waals surface area (Å²) in [6.45, 7) is 1.94. The Hall–Kier alpha value is -1.49. The molecule has 1 aromatic carbocycles. The van der Waals surface area contributed by atoms with Crippen molar-refractivity contribution < 1.29 is 0 Å². The molecule has 102 valence electrons. The number of aromatic nitrogens is 3. The molecule has 0 saturated heterocycles. The molecule has 0 aliphatic heterocycles. The van der Waals surface area contributed by atoms with Gasteiger partial charge in [0.2, 0.25) is 5.95 Å². The molecule has 0 atom stereocenters. The van der Waals surface area contributed by atoms with Crippen molar-refractivity contribution >= 4 is 51.9 Å². The Morgan fingerprint density at radius 1 is 1.05 bits per heavy atom. The zero-order valence-electron chi connectivity index (χ0n) is 10.4. The van der Waals surface area contributed by atoms with Crippen LogP contribution in [0.3, 0.4) is 0 Å². The molecule has 3 rings (SSSR count). The molecule has 0 radical (unpaired) electrons. The van der Waals surface area contributed by atoms with E-state index in [1.54, 1.807) is 22.9 Å². The molecular formula is C13H9Cl3N4. The summed E-state index contributed by atoms with van der Waals surface area (Å²) in [5, 5.41) is 1.19. The minimum absolute atomic E-state index is 0.290. The zero-order valence-corrected chi connectivity index (χ0v) is 12.6. The molecule has 0 saturated carbocycles. The number of hydrogen-bond donors (Lipinski definition) is 1. The average Bonchev–Trinajstić information content (AvgIpc) is 2.69. The third-order valence-electron chi connectivity index (χ3n) is 2.89. The molecular weight excluding hydrogens is 319 g/mol. The predicted molar refractivity (Wildman–Crippen MR) is 83.0 cm³/mol. The molecule has 0 bridgehead atoms. The SMILES string of the molecule is Cc1cnc2c(c1)nc(N)n2-c1cc(Cl)c(Cl)cc1Cl. The van der Waals surface area contributed by atoms with E-state index in [0.717, 1.165) is 5.56 Å². The van der Waals surface area contributed by atoms with Crippen molar-refractivity contribution in [3.05, 3.63) is 45.0 Å². The first-order valence-corrected chi connectivity index (χ1v) is 6.86. The van der Waals surface area contributed by atoms with Gasteiger partial charge in [0, 0.05) is 6.20 Å². The molecule has 2 aromatic heterocycles. The highest BCUT2D eigenvalue weighted by molar-refractivity contribution is 6.43. The largest absolute Gasteiger partial charge is 0.369 e. The fraction of sp³-hybridized carbons (Fsp3) is 0.0769. The monoisotopic (exact) mass is 326 g/mol. The first kappa shape index (κ1) is 13.5. The van der Waals surface area contributed by atoms with Crippen LogP contribution >= 0.6 is 34.8 Å². The van der Waals surface area contributed by atoms with Crippen molar-refractivity contribution in [2.24, 2.45) is 0 Å². The second-order valence-electron chi connectivity index (χ2n) is 4.38. The van der Waals surface area contributed by atoms with Gasteiger partial charge in [-0.1, -0.05) is 34.8 Å². The summed E-state index contributed by atoms with van der Waals surface area (Å²) in [4.78, 5) is 8.64. The Labute approximate surface area is 130 Å². The van der Waals surface area contributed by atoms with Crippen LogP contribution in [-0.2, 0) is 0 Å². The molecule has 0 amide bonds. The molecule has 0 aliphatic carbocycles. The van der Waals surface area contributed by atoms with Gasteiger partial charge >= 0.3 is 0 Å². The van der Waals surface area contributed by atoms with E-state index in [2.05, 4.69) is 9.97 Å². The Morgan fingerprint density at radius 3 is 2.50 bits per heavy atom. The Bertz CT molecular complexity index is 826. The van der Waals surface area contributed by atoms with Gasteiger partial charge in [-0.05, 0) is 30.7 Å². The van der Waals surface area contributed by atoms with Crippen LogP contribution in [0.15, 0.2) is 24.4 Å². The number of imidazole rings is 1. The number of pyridine rings is 1. The highest BCUT2D eigenvalue weighted by Crippen LogP contribution is 2.33. The van der Waals surface area contributed by atoms with Crippen molar-refractivity contribution in [1.82, 2.24) is 14.5 Å². The lowest BCUT2D eigenvalue weighted by Gasteiger charge is -2.09. The number of benzene rings is 1. The average molecular weight is 328 g/mol. The predicted octanol–water partition coefficient (Wildman–Crippen LogP) is 4.27. The van der Waals surface area contributed by atoms with Crippen LogP contribution in [0.4, 0.5) is 5.95 Å². The van der Waals surface area contributed by atoms with Crippen molar-refractivity contribution in [2.45, 2.75) is 6.92 Å². The van der Waals surface area contributed by atoms with Crippen molar-refractivity contribution in [3.8, 4) is 5.69 Å². The maximum absolute atomic E-state index is 6.22. The van der Waals surface area contributed by atoms with E-state index in [1.165, 1.54) is 0 Å². The smallest absolute Gasteiger partial charge is 0.207 e. The minimum atomic E-state index is 0.290. The summed E-state index contributed by atoms with van der Waals surface area (Å²) in [5.41, 5.74) is 8.88. The number of fused-ring (bicyclic) bond motifs is 1. The van der Waals surface area contributed by atoms with Gasteiger partial charge in [-0.3, -0.25) is 4.57 Å². The molecule has 7 heteroatoms. The third kappa shape index (κ3) is 2.10. The quantitative estimate of drug-likeness (QED) is 0.679. The number of nitrogens with two attached hydrogens (primary N) is 1. The maximum Gasteiger partial charge on any atom is 0.207 e. The minimum Gasteiger partial charge on any atom is -0.369 e. The highest BCUT2D eigenvalue weighted by atomic mass is 35.5. The van der Waals surface area contributed by atoms with E-state index < -0.39 is 0 Å². The van der Waals surface area contributed by atoms with Crippen LogP contribution in [0.25, 0.3) is 16.9 Å². The van der Waals surface area contributed by atoms with Gasteiger partial charge in [0.1, 0.15) is 5.52 Å². The van der Waals surface area contributed by atoms with E-state index >= 15 is 0 Å². The van der Waals surface area contributed by atoms with Crippen molar-refractivity contribution in [3.63, 3.8) is 0 Å². The molecule has 4 nitrogen and oxygen atoms in total. The topological polar surface area (TPSA) is 56.7 Å². The number of anilines is 1. The summed E-state index contributed by atoms with van der Waals surface area (Å²) < 4.78 is 1.65. The Balaban J connectivity index is 2.35. The van der Waals surface area contributed by atoms with Crippen LogP contribution in [0.1, 0.15) is 5.56 Å². The molecule has 2 N–H and O–H groups in total. The van der Waals surface area contributed by atoms with E-state index in [1.807, 2.05) is 13.0 Å². The van der Waals surface area contributed by atoms with Crippen LogP contribution in [0.2, 0.25) is 15.1 Å². The Kier molecular flexibility index (Phi) is 3.24. The van der Waals surface area contributed by atoms with E-state index in [-0.39, 0.29) is 0 Å². The van der Waals surface area contributed by atoms with Crippen molar-refractivity contribution in [1.29, 1.82) is 0 Å². The zero-order chi connectivity index (χ0) is 14.4. The fourth-order valence-electron chi connectivity index (χ4n) is 2.00. The second-order valence-corrected chi connectivity index (χ2v) is 5.60. The summed E-state index contributed by atoms with van der Waals surface area (Å²) in [6.07, 6.45) is 1.74. The molecule has 0 aliphatic rings. The lowest BCUT2D eigenvalue weighted by Crippen LogP contribution is -2.02. The van der Waals surface area contributed by atoms with Gasteiger partial charge in [-0.15, -0.1) is 0 Å². The van der Waals surface area contributed by atoms with Crippen LogP contribution < -0.4 is 5.73 Å². The van der Waals surface area contributed by atoms with Crippen LogP contribution in [0.5, 0.6) is 0 Å². The van der Waals surface area contributed by atoms with Crippen molar-refractivity contribution in [2.75, 3.05) is 5.73 Å². The lowest BCUT2D eigenvalue weighted by atomic mass is 10.3. The summed E-state index contributed by atoms with van der Waals surface area (Å²) in [7, 11) is 0. The maximum atomic E-state index is 6.22. The summed E-state index contributed by atoms with van der Waals surface area (Å²) >= 11 is 18.2. The van der Waals surface area contributed by atoms with Crippen LogP contribution in [0, 0.1) is 6.92 Å². The van der Waals surface area contributed by atoms with E-state index in [0.29, 0.717) is 37.9 Å². The van der Waals surface area contributed by atoms with Gasteiger partial charge in [0.15, 0.2) is 5.65 Å². The summed E-state index contributed by atoms with van der Waals surface area (Å²) in [5.74, 6) is 0.290. The number of nitrogens with zero attached hydrogens (tertiary/aromatic N) is 3. The number of aryl methyl sites for hydroxylation is 1. The van der Waals surface area contributed by atoms with Gasteiger partial charge in [0.25, 0.3) is 0 Å². The van der Waals surface area contributed by atoms with Gasteiger partial charge < -0.3 is 5.73 Å². The standard InChI is InChI=1S/C13H9Cl3N4/c1-6-2-10-12(18-5-6)20(13(17)19-10)11-4-8(15)7(14)3-9(11)16/h2-5H,1H3,(H2,17,19). The van der Waals surface area contributed by atoms with Gasteiger partial charge in [-0.2, -0.15) is 0 Å².